The Balaban J connectivity index is 2.18. The van der Waals surface area contributed by atoms with Gasteiger partial charge in [0.25, 0.3) is 0 Å². The van der Waals surface area contributed by atoms with Gasteiger partial charge in [0, 0.05) is 17.0 Å². The minimum atomic E-state index is 0.0837. The lowest BCUT2D eigenvalue weighted by molar-refractivity contribution is 0.100. The summed E-state index contributed by atoms with van der Waals surface area (Å²) in [5.41, 5.74) is 6.19. The van der Waals surface area contributed by atoms with E-state index in [1.54, 1.807) is 13.8 Å². The van der Waals surface area contributed by atoms with Gasteiger partial charge in [-0.1, -0.05) is 31.2 Å². The predicted molar refractivity (Wildman–Crippen MR) is 79.4 cm³/mol. The molecule has 2 aromatic carbocycles. The number of benzene rings is 2. The van der Waals surface area contributed by atoms with Gasteiger partial charge in [0.15, 0.2) is 11.6 Å². The van der Waals surface area contributed by atoms with Crippen LogP contribution in [0.2, 0.25) is 0 Å². The Labute approximate surface area is 118 Å². The molecule has 0 unspecified atom stereocenters. The van der Waals surface area contributed by atoms with Crippen LogP contribution in [0.4, 0.5) is 0 Å². The van der Waals surface area contributed by atoms with E-state index in [9.17, 15) is 9.59 Å². The van der Waals surface area contributed by atoms with Gasteiger partial charge in [-0.15, -0.1) is 0 Å². The Morgan fingerprint density at radius 3 is 1.55 bits per heavy atom. The van der Waals surface area contributed by atoms with E-state index in [0.717, 1.165) is 11.1 Å². The zero-order valence-corrected chi connectivity index (χ0v) is 11.9. The average Bonchev–Trinajstić information content (AvgIpc) is 2.71. The second-order valence-corrected chi connectivity index (χ2v) is 5.44. The van der Waals surface area contributed by atoms with E-state index in [2.05, 4.69) is 6.92 Å². The lowest BCUT2D eigenvalue weighted by atomic mass is 9.96. The molecule has 1 aliphatic rings. The molecule has 100 valence electrons. The Bertz CT molecular complexity index is 678. The third-order valence-electron chi connectivity index (χ3n) is 4.14. The molecule has 0 heterocycles. The number of hydrogen-bond donors (Lipinski definition) is 0. The molecule has 20 heavy (non-hydrogen) atoms. The van der Waals surface area contributed by atoms with Crippen LogP contribution >= 0.6 is 0 Å². The van der Waals surface area contributed by atoms with Crippen molar-refractivity contribution in [3.05, 3.63) is 58.7 Å². The first kappa shape index (κ1) is 12.8. The molecular weight excluding hydrogens is 248 g/mol. The summed E-state index contributed by atoms with van der Waals surface area (Å²) in [6.07, 6.45) is 0. The molecule has 2 aromatic rings. The van der Waals surface area contributed by atoms with Crippen molar-refractivity contribution in [3.8, 4) is 11.1 Å². The van der Waals surface area contributed by atoms with E-state index in [0.29, 0.717) is 0 Å². The van der Waals surface area contributed by atoms with Gasteiger partial charge in [-0.25, -0.2) is 0 Å². The molecular formula is C18H16O2. The number of ketones is 2. The Morgan fingerprint density at radius 1 is 0.800 bits per heavy atom. The highest BCUT2D eigenvalue weighted by molar-refractivity contribution is 5.97. The maximum Gasteiger partial charge on any atom is 0.159 e. The fourth-order valence-electron chi connectivity index (χ4n) is 2.94. The molecule has 0 aliphatic heterocycles. The highest BCUT2D eigenvalue weighted by atomic mass is 16.1. The summed E-state index contributed by atoms with van der Waals surface area (Å²) in [7, 11) is 0. The van der Waals surface area contributed by atoms with Gasteiger partial charge >= 0.3 is 0 Å². The van der Waals surface area contributed by atoms with Crippen LogP contribution in [-0.4, -0.2) is 11.6 Å². The largest absolute Gasteiger partial charge is 0.295 e. The first-order valence-electron chi connectivity index (χ1n) is 6.79. The smallest absolute Gasteiger partial charge is 0.159 e. The van der Waals surface area contributed by atoms with Crippen LogP contribution in [0.25, 0.3) is 11.1 Å². The Hall–Kier alpha value is -2.22. The topological polar surface area (TPSA) is 34.1 Å². The summed E-state index contributed by atoms with van der Waals surface area (Å²) in [5.74, 6) is 0.388. The lowest BCUT2D eigenvalue weighted by Crippen LogP contribution is -1.97. The van der Waals surface area contributed by atoms with Gasteiger partial charge in [-0.05, 0) is 48.2 Å². The number of carbonyl (C=O) groups excluding carboxylic acids is 2. The summed E-state index contributed by atoms with van der Waals surface area (Å²) in [6, 6.07) is 11.7. The SMILES string of the molecule is CC(=O)c1ccc2c(c1)C(C)c1cc(C(C)=O)ccc1-2. The maximum absolute atomic E-state index is 11.5. The van der Waals surface area contributed by atoms with Crippen molar-refractivity contribution in [2.24, 2.45) is 0 Å². The minimum absolute atomic E-state index is 0.0837. The van der Waals surface area contributed by atoms with E-state index in [1.807, 2.05) is 36.4 Å². The van der Waals surface area contributed by atoms with E-state index in [-0.39, 0.29) is 17.5 Å². The highest BCUT2D eigenvalue weighted by Gasteiger charge is 2.26. The predicted octanol–water partition coefficient (Wildman–Crippen LogP) is 4.22. The fourth-order valence-corrected chi connectivity index (χ4v) is 2.94. The molecule has 0 radical (unpaired) electrons. The molecule has 0 atom stereocenters. The van der Waals surface area contributed by atoms with Crippen molar-refractivity contribution in [2.45, 2.75) is 26.7 Å². The molecule has 2 heteroatoms. The van der Waals surface area contributed by atoms with Crippen LogP contribution in [0.3, 0.4) is 0 Å². The summed E-state index contributed by atoms with van der Waals surface area (Å²) in [4.78, 5) is 23.0. The standard InChI is InChI=1S/C18H16O2/c1-10-17-8-13(11(2)19)4-6-15(17)16-7-5-14(12(3)20)9-18(10)16/h4-10H,1-3H3. The van der Waals surface area contributed by atoms with Crippen molar-refractivity contribution < 1.29 is 9.59 Å². The van der Waals surface area contributed by atoms with Crippen LogP contribution in [0.15, 0.2) is 36.4 Å². The molecule has 3 rings (SSSR count). The third-order valence-corrected chi connectivity index (χ3v) is 4.14. The van der Waals surface area contributed by atoms with Crippen LogP contribution in [0, 0.1) is 0 Å². The summed E-state index contributed by atoms with van der Waals surface area (Å²) >= 11 is 0. The van der Waals surface area contributed by atoms with Crippen molar-refractivity contribution in [3.63, 3.8) is 0 Å². The molecule has 0 amide bonds. The van der Waals surface area contributed by atoms with E-state index < -0.39 is 0 Å². The maximum atomic E-state index is 11.5. The summed E-state index contributed by atoms with van der Waals surface area (Å²) in [6.45, 7) is 5.29. The van der Waals surface area contributed by atoms with Crippen molar-refractivity contribution in [1.82, 2.24) is 0 Å². The monoisotopic (exact) mass is 264 g/mol. The second-order valence-electron chi connectivity index (χ2n) is 5.44. The quantitative estimate of drug-likeness (QED) is 0.761. The summed E-state index contributed by atoms with van der Waals surface area (Å²) < 4.78 is 0. The van der Waals surface area contributed by atoms with Crippen molar-refractivity contribution in [2.75, 3.05) is 0 Å². The number of rotatable bonds is 2. The first-order valence-corrected chi connectivity index (χ1v) is 6.79. The third kappa shape index (κ3) is 1.80. The van der Waals surface area contributed by atoms with Gasteiger partial charge in [0.1, 0.15) is 0 Å². The highest BCUT2D eigenvalue weighted by Crippen LogP contribution is 2.45. The van der Waals surface area contributed by atoms with Gasteiger partial charge in [0.05, 0.1) is 0 Å². The first-order chi connectivity index (χ1) is 9.49. The van der Waals surface area contributed by atoms with Crippen LogP contribution in [0.5, 0.6) is 0 Å². The molecule has 0 spiro atoms. The molecule has 1 aliphatic carbocycles. The Kier molecular flexibility index (Phi) is 2.82. The van der Waals surface area contributed by atoms with Gasteiger partial charge < -0.3 is 0 Å². The zero-order valence-electron chi connectivity index (χ0n) is 11.9. The molecule has 0 N–H and O–H groups in total. The zero-order chi connectivity index (χ0) is 14.4. The second kappa shape index (κ2) is 4.41. The van der Waals surface area contributed by atoms with Crippen molar-refractivity contribution in [1.29, 1.82) is 0 Å². The average molecular weight is 264 g/mol. The lowest BCUT2D eigenvalue weighted by Gasteiger charge is -2.08. The number of hydrogen-bond acceptors (Lipinski definition) is 2. The number of Topliss-reactive ketones (excluding diaryl/α,β-unsaturated/α-hetero) is 2. The van der Waals surface area contributed by atoms with Crippen LogP contribution in [0.1, 0.15) is 58.5 Å². The van der Waals surface area contributed by atoms with Crippen LogP contribution in [-0.2, 0) is 0 Å². The summed E-state index contributed by atoms with van der Waals surface area (Å²) in [5, 5.41) is 0. The van der Waals surface area contributed by atoms with E-state index in [4.69, 9.17) is 0 Å². The van der Waals surface area contributed by atoms with Gasteiger partial charge in [-0.3, -0.25) is 9.59 Å². The number of carbonyl (C=O) groups is 2. The van der Waals surface area contributed by atoms with Gasteiger partial charge in [0.2, 0.25) is 0 Å². The van der Waals surface area contributed by atoms with Crippen LogP contribution < -0.4 is 0 Å². The minimum Gasteiger partial charge on any atom is -0.295 e. The Morgan fingerprint density at radius 2 is 1.20 bits per heavy atom. The van der Waals surface area contributed by atoms with Gasteiger partial charge in [-0.2, -0.15) is 0 Å². The molecule has 0 saturated carbocycles. The fraction of sp³-hybridized carbons (Fsp3) is 0.222. The van der Waals surface area contributed by atoms with E-state index in [1.165, 1.54) is 22.3 Å². The molecule has 0 fully saturated rings. The molecule has 2 nitrogen and oxygen atoms in total. The molecule has 0 aromatic heterocycles. The molecule has 0 bridgehead atoms. The normalized spacial score (nSPS) is 12.9. The molecule has 0 saturated heterocycles. The number of fused-ring (bicyclic) bond motifs is 3. The van der Waals surface area contributed by atoms with Crippen molar-refractivity contribution >= 4 is 11.6 Å². The van der Waals surface area contributed by atoms with E-state index >= 15 is 0 Å².